The molecule has 3 heteroatoms. The van der Waals surface area contributed by atoms with Gasteiger partial charge in [0, 0.05) is 17.5 Å². The van der Waals surface area contributed by atoms with Gasteiger partial charge in [0.05, 0.1) is 0 Å². The van der Waals surface area contributed by atoms with Crippen LogP contribution in [0.15, 0.2) is 36.4 Å². The van der Waals surface area contributed by atoms with Crippen LogP contribution in [-0.4, -0.2) is 11.6 Å². The van der Waals surface area contributed by atoms with E-state index in [0.717, 1.165) is 46.9 Å². The average molecular weight is 352 g/mol. The van der Waals surface area contributed by atoms with Crippen molar-refractivity contribution in [2.24, 2.45) is 0 Å². The van der Waals surface area contributed by atoms with Crippen molar-refractivity contribution in [3.63, 3.8) is 0 Å². The molecule has 1 atom stereocenters. The topological polar surface area (TPSA) is 35.5 Å². The molecule has 26 heavy (non-hydrogen) atoms. The molecule has 0 aromatic heterocycles. The third kappa shape index (κ3) is 4.09. The van der Waals surface area contributed by atoms with Crippen LogP contribution >= 0.6 is 0 Å². The molecule has 3 nitrogen and oxygen atoms in total. The number of esters is 1. The minimum atomic E-state index is -0.329. The highest BCUT2D eigenvalue weighted by Gasteiger charge is 2.24. The molecule has 3 rings (SSSR count). The van der Waals surface area contributed by atoms with Crippen molar-refractivity contribution < 1.29 is 14.3 Å². The maximum Gasteiger partial charge on any atom is 0.306 e. The van der Waals surface area contributed by atoms with Crippen LogP contribution in [-0.2, 0) is 9.53 Å². The summed E-state index contributed by atoms with van der Waals surface area (Å²) in [4.78, 5) is 12.2. The lowest BCUT2D eigenvalue weighted by molar-refractivity contribution is -0.147. The summed E-state index contributed by atoms with van der Waals surface area (Å²) in [6, 6.07) is 10.2. The molecule has 0 aliphatic heterocycles. The Morgan fingerprint density at radius 3 is 2.65 bits per heavy atom. The number of carbonyl (C=O) groups is 1. The molecule has 0 bridgehead atoms. The van der Waals surface area contributed by atoms with Gasteiger partial charge in [0.25, 0.3) is 0 Å². The van der Waals surface area contributed by atoms with Gasteiger partial charge < -0.3 is 9.47 Å². The first kappa shape index (κ1) is 18.5. The van der Waals surface area contributed by atoms with Crippen LogP contribution in [0.25, 0.3) is 16.8 Å². The fourth-order valence-corrected chi connectivity index (χ4v) is 3.35. The monoisotopic (exact) mass is 352 g/mol. The average Bonchev–Trinajstić information content (AvgIpc) is 2.58. The number of unbranched alkanes of at least 4 members (excludes halogenated alkanes) is 2. The van der Waals surface area contributed by atoms with Crippen molar-refractivity contribution >= 4 is 22.8 Å². The van der Waals surface area contributed by atoms with E-state index in [-0.39, 0.29) is 17.7 Å². The van der Waals surface area contributed by atoms with E-state index in [1.165, 1.54) is 0 Å². The number of rotatable bonds is 6. The zero-order chi connectivity index (χ0) is 18.7. The van der Waals surface area contributed by atoms with Gasteiger partial charge >= 0.3 is 5.97 Å². The van der Waals surface area contributed by atoms with Gasteiger partial charge in [0.2, 0.25) is 0 Å². The normalized spacial score (nSPS) is 15.9. The highest BCUT2D eigenvalue weighted by Crippen LogP contribution is 2.40. The van der Waals surface area contributed by atoms with Crippen LogP contribution in [0.3, 0.4) is 0 Å². The van der Waals surface area contributed by atoms with Crippen molar-refractivity contribution in [3.05, 3.63) is 47.5 Å². The highest BCUT2D eigenvalue weighted by molar-refractivity contribution is 5.98. The highest BCUT2D eigenvalue weighted by atomic mass is 16.5. The van der Waals surface area contributed by atoms with E-state index in [0.29, 0.717) is 6.42 Å². The minimum Gasteiger partial charge on any atom is -0.488 e. The predicted molar refractivity (Wildman–Crippen MR) is 106 cm³/mol. The minimum absolute atomic E-state index is 0.129. The summed E-state index contributed by atoms with van der Waals surface area (Å²) >= 11 is 0. The molecule has 138 valence electrons. The van der Waals surface area contributed by atoms with Crippen LogP contribution in [0.1, 0.15) is 70.6 Å². The van der Waals surface area contributed by atoms with E-state index in [2.05, 4.69) is 19.1 Å². The maximum atomic E-state index is 12.2. The maximum absolute atomic E-state index is 12.2. The molecule has 1 aliphatic rings. The van der Waals surface area contributed by atoms with Crippen LogP contribution in [0.5, 0.6) is 5.75 Å². The van der Waals surface area contributed by atoms with E-state index in [1.54, 1.807) is 0 Å². The number of benzene rings is 2. The molecule has 2 aromatic rings. The molecule has 0 radical (unpaired) electrons. The molecule has 2 aromatic carbocycles. The third-order valence-corrected chi connectivity index (χ3v) is 4.48. The van der Waals surface area contributed by atoms with Crippen LogP contribution in [0.4, 0.5) is 0 Å². The molecule has 0 fully saturated rings. The molecule has 1 unspecified atom stereocenters. The van der Waals surface area contributed by atoms with Crippen molar-refractivity contribution in [1.82, 2.24) is 0 Å². The fraction of sp³-hybridized carbons (Fsp3) is 0.435. The van der Waals surface area contributed by atoms with E-state index in [9.17, 15) is 4.79 Å². The molecular formula is C23H28O3. The van der Waals surface area contributed by atoms with Crippen LogP contribution in [0, 0.1) is 0 Å². The van der Waals surface area contributed by atoms with Crippen molar-refractivity contribution in [1.29, 1.82) is 0 Å². The van der Waals surface area contributed by atoms with E-state index in [4.69, 9.17) is 9.47 Å². The quantitative estimate of drug-likeness (QED) is 0.458. The molecule has 0 N–H and O–H groups in total. The second kappa shape index (κ2) is 7.53. The van der Waals surface area contributed by atoms with Gasteiger partial charge in [-0.3, -0.25) is 4.79 Å². The molecule has 0 saturated heterocycles. The summed E-state index contributed by atoms with van der Waals surface area (Å²) in [7, 11) is 0. The summed E-state index contributed by atoms with van der Waals surface area (Å²) in [6.07, 6.45) is 7.18. The number of hydrogen-bond donors (Lipinski definition) is 0. The van der Waals surface area contributed by atoms with Gasteiger partial charge in [0.15, 0.2) is 0 Å². The SMILES string of the molecule is CCCCCC(=O)OC1C=Cc2c(OC(C)(C)C)ccc3cccc1c23. The Morgan fingerprint density at radius 2 is 1.92 bits per heavy atom. The summed E-state index contributed by atoms with van der Waals surface area (Å²) < 4.78 is 11.9. The second-order valence-electron chi connectivity index (χ2n) is 7.86. The van der Waals surface area contributed by atoms with E-state index >= 15 is 0 Å². The van der Waals surface area contributed by atoms with Crippen LogP contribution in [0.2, 0.25) is 0 Å². The Morgan fingerprint density at radius 1 is 1.12 bits per heavy atom. The van der Waals surface area contributed by atoms with Gasteiger partial charge in [-0.15, -0.1) is 0 Å². The van der Waals surface area contributed by atoms with Gasteiger partial charge in [0.1, 0.15) is 17.5 Å². The van der Waals surface area contributed by atoms with Gasteiger partial charge in [-0.2, -0.15) is 0 Å². The van der Waals surface area contributed by atoms with Crippen LogP contribution < -0.4 is 4.74 Å². The molecule has 0 amide bonds. The Labute approximate surface area is 156 Å². The Bertz CT molecular complexity index is 827. The van der Waals surface area contributed by atoms with E-state index < -0.39 is 0 Å². The summed E-state index contributed by atoms with van der Waals surface area (Å²) in [5.41, 5.74) is 1.82. The molecule has 0 saturated carbocycles. The van der Waals surface area contributed by atoms with Crippen molar-refractivity contribution in [2.75, 3.05) is 0 Å². The first-order valence-electron chi connectivity index (χ1n) is 9.51. The Kier molecular flexibility index (Phi) is 5.36. The largest absolute Gasteiger partial charge is 0.488 e. The second-order valence-corrected chi connectivity index (χ2v) is 7.86. The zero-order valence-corrected chi connectivity index (χ0v) is 16.2. The standard InChI is InChI=1S/C23H28O3/c1-5-6-7-11-21(24)25-19-15-13-18-20(26-23(2,3)4)14-12-16-9-8-10-17(19)22(16)18/h8-10,12-15,19H,5-7,11H2,1-4H3. The summed E-state index contributed by atoms with van der Waals surface area (Å²) in [5.74, 6) is 0.733. The van der Waals surface area contributed by atoms with E-state index in [1.807, 2.05) is 51.1 Å². The Hall–Kier alpha value is -2.29. The lowest BCUT2D eigenvalue weighted by Gasteiger charge is -2.27. The molecule has 1 aliphatic carbocycles. The predicted octanol–water partition coefficient (Wildman–Crippen LogP) is 6.21. The number of ether oxygens (including phenoxy) is 2. The smallest absolute Gasteiger partial charge is 0.306 e. The zero-order valence-electron chi connectivity index (χ0n) is 16.2. The third-order valence-electron chi connectivity index (χ3n) is 4.48. The fourth-order valence-electron chi connectivity index (χ4n) is 3.35. The molecule has 0 spiro atoms. The van der Waals surface area contributed by atoms with Crippen molar-refractivity contribution in [2.45, 2.75) is 65.1 Å². The van der Waals surface area contributed by atoms with Gasteiger partial charge in [-0.25, -0.2) is 0 Å². The summed E-state index contributed by atoms with van der Waals surface area (Å²) in [5, 5.41) is 2.25. The van der Waals surface area contributed by atoms with Gasteiger partial charge in [-0.05, 0) is 50.1 Å². The molecule has 0 heterocycles. The Balaban J connectivity index is 1.91. The lowest BCUT2D eigenvalue weighted by Crippen LogP contribution is -2.23. The van der Waals surface area contributed by atoms with Crippen molar-refractivity contribution in [3.8, 4) is 5.75 Å². The lowest BCUT2D eigenvalue weighted by atomic mass is 9.90. The number of carbonyl (C=O) groups excluding carboxylic acids is 1. The first-order valence-corrected chi connectivity index (χ1v) is 9.51. The summed E-state index contributed by atoms with van der Waals surface area (Å²) in [6.45, 7) is 8.26. The number of hydrogen-bond acceptors (Lipinski definition) is 3. The van der Waals surface area contributed by atoms with Gasteiger partial charge in [-0.1, -0.05) is 50.1 Å². The molecular weight excluding hydrogens is 324 g/mol. The first-order chi connectivity index (χ1) is 12.4.